The molecule has 80 heavy (non-hydrogen) atoms. The molecule has 30 heteroatoms. The predicted octanol–water partition coefficient (Wildman–Crippen LogP) is 9.96. The molecule has 428 valence electrons. The van der Waals surface area contributed by atoms with Crippen LogP contribution in [0.2, 0.25) is 5.02 Å². The fourth-order valence-corrected chi connectivity index (χ4v) is 9.97. The van der Waals surface area contributed by atoms with Crippen molar-refractivity contribution >= 4 is 34.8 Å². The molecule has 3 aliphatic rings. The third-order valence-corrected chi connectivity index (χ3v) is 14.0. The summed E-state index contributed by atoms with van der Waals surface area (Å²) < 4.78 is 197. The van der Waals surface area contributed by atoms with Crippen LogP contribution < -0.4 is 20.9 Å². The van der Waals surface area contributed by atoms with E-state index < -0.39 is 167 Å². The number of nitrogen functional groups attached to an aromatic ring is 2. The second-order valence-electron chi connectivity index (χ2n) is 20.2. The highest BCUT2D eigenvalue weighted by Gasteiger charge is 2.61. The van der Waals surface area contributed by atoms with Crippen LogP contribution in [0.1, 0.15) is 126 Å². The Hall–Kier alpha value is -7.27. The lowest BCUT2D eigenvalue weighted by Gasteiger charge is -2.28. The Morgan fingerprint density at radius 2 is 1.20 bits per heavy atom. The maximum atomic E-state index is 15.4. The number of ether oxygens (including phenoxy) is 1. The molecule has 0 unspecified atom stereocenters. The average Bonchev–Trinajstić information content (AvgIpc) is 4.10. The minimum atomic E-state index is -5.56. The first-order valence-electron chi connectivity index (χ1n) is 24.5. The van der Waals surface area contributed by atoms with Crippen LogP contribution in [-0.4, -0.2) is 88.1 Å². The number of rotatable bonds is 5. The van der Waals surface area contributed by atoms with Gasteiger partial charge in [0.15, 0.2) is 11.4 Å². The van der Waals surface area contributed by atoms with E-state index in [1.165, 1.54) is 30.3 Å². The SMILES string of the molecule is CC1(C)Cc2cc(CN3CCCCC[C@](O)(C(F)(F)F)c4nnc(o4)-c4nc(c(C(F)(F)F)cc4N)C3=O)cc(-[n+]3nc4oc3-c3nc(c(C(F)(F)F)cc3N)C(=O)N(Cc3cccc(Cl)c3)CCCCC[C@]4(O)C(F)(F)F)c2O1. The van der Waals surface area contributed by atoms with Crippen molar-refractivity contribution in [3.05, 3.63) is 105 Å². The van der Waals surface area contributed by atoms with Crippen molar-refractivity contribution in [3.63, 3.8) is 0 Å². The molecule has 17 nitrogen and oxygen atoms in total. The van der Waals surface area contributed by atoms with E-state index in [4.69, 9.17) is 36.6 Å². The van der Waals surface area contributed by atoms with E-state index in [2.05, 4.69) is 25.3 Å². The summed E-state index contributed by atoms with van der Waals surface area (Å²) in [7, 11) is 0. The van der Waals surface area contributed by atoms with E-state index in [1.54, 1.807) is 13.8 Å². The summed E-state index contributed by atoms with van der Waals surface area (Å²) in [4.78, 5) is 39.0. The first kappa shape index (κ1) is 57.4. The van der Waals surface area contributed by atoms with Crippen LogP contribution >= 0.6 is 11.6 Å². The molecule has 0 spiro atoms. The van der Waals surface area contributed by atoms with Gasteiger partial charge in [0.2, 0.25) is 16.9 Å². The molecule has 2 aromatic carbocycles. The largest absolute Gasteiger partial charge is 0.480 e. The van der Waals surface area contributed by atoms with Crippen molar-refractivity contribution in [2.24, 2.45) is 0 Å². The number of pyridine rings is 2. The van der Waals surface area contributed by atoms with Gasteiger partial charge in [0.25, 0.3) is 29.3 Å². The Morgan fingerprint density at radius 3 is 1.75 bits per heavy atom. The van der Waals surface area contributed by atoms with Crippen molar-refractivity contribution in [3.8, 4) is 34.6 Å². The number of alkyl halides is 12. The minimum Gasteiger partial charge on any atom is -0.480 e. The number of hydrogen-bond donors (Lipinski definition) is 4. The minimum absolute atomic E-state index is 0.0264. The summed E-state index contributed by atoms with van der Waals surface area (Å²) in [6.07, 6.45) is -25.4. The highest BCUT2D eigenvalue weighted by molar-refractivity contribution is 6.30. The lowest BCUT2D eigenvalue weighted by atomic mass is 9.95. The van der Waals surface area contributed by atoms with Crippen LogP contribution in [0.5, 0.6) is 5.75 Å². The fraction of sp³-hybridized carbons (Fsp3) is 0.440. The number of carbonyl (C=O) groups is 2. The van der Waals surface area contributed by atoms with Crippen LogP contribution in [0.15, 0.2) is 57.4 Å². The number of amides is 2. The van der Waals surface area contributed by atoms with E-state index in [9.17, 15) is 46.1 Å². The van der Waals surface area contributed by atoms with E-state index in [1.807, 2.05) is 0 Å². The van der Waals surface area contributed by atoms with Gasteiger partial charge in [0.1, 0.15) is 17.0 Å². The van der Waals surface area contributed by atoms with Gasteiger partial charge in [-0.1, -0.05) is 36.6 Å². The number of nitrogens with two attached hydrogens (primary N) is 2. The summed E-state index contributed by atoms with van der Waals surface area (Å²) in [5, 5.41) is 33.7. The van der Waals surface area contributed by atoms with Gasteiger partial charge in [-0.2, -0.15) is 52.7 Å². The van der Waals surface area contributed by atoms with Gasteiger partial charge < -0.3 is 45.1 Å². The molecule has 0 saturated carbocycles. The number of halogens is 13. The summed E-state index contributed by atoms with van der Waals surface area (Å²) in [5.41, 5.74) is -6.02. The number of fused-ring (bicyclic) bond motifs is 11. The van der Waals surface area contributed by atoms with Gasteiger partial charge in [-0.3, -0.25) is 9.59 Å². The Morgan fingerprint density at radius 1 is 0.662 bits per heavy atom. The van der Waals surface area contributed by atoms with Gasteiger partial charge in [0, 0.05) is 54.4 Å². The molecule has 0 aliphatic carbocycles. The van der Waals surface area contributed by atoms with Gasteiger partial charge in [-0.25, -0.2) is 9.97 Å². The normalized spacial score (nSPS) is 20.5. The first-order chi connectivity index (χ1) is 37.2. The van der Waals surface area contributed by atoms with Crippen LogP contribution in [0.25, 0.3) is 28.9 Å². The first-order valence-corrected chi connectivity index (χ1v) is 24.9. The number of aliphatic hydroxyl groups is 2. The summed E-state index contributed by atoms with van der Waals surface area (Å²) in [6.45, 7) is 1.27. The maximum Gasteiger partial charge on any atom is 0.435 e. The smallest absolute Gasteiger partial charge is 0.435 e. The second kappa shape index (κ2) is 20.4. The van der Waals surface area contributed by atoms with Gasteiger partial charge >= 0.3 is 36.5 Å². The average molecular weight is 1160 g/mol. The fourth-order valence-electron chi connectivity index (χ4n) is 9.76. The molecule has 9 rings (SSSR count). The monoisotopic (exact) mass is 1160 g/mol. The van der Waals surface area contributed by atoms with Crippen LogP contribution in [0.3, 0.4) is 0 Å². The summed E-state index contributed by atoms with van der Waals surface area (Å²) >= 11 is 6.18. The molecule has 0 saturated heterocycles. The second-order valence-corrected chi connectivity index (χ2v) is 20.7. The summed E-state index contributed by atoms with van der Waals surface area (Å²) in [5.74, 6) is -7.71. The number of benzene rings is 2. The lowest BCUT2D eigenvalue weighted by Crippen LogP contribution is -2.44. The molecule has 7 heterocycles. The van der Waals surface area contributed by atoms with E-state index in [0.717, 1.165) is 15.9 Å². The molecule has 4 aromatic heterocycles. The van der Waals surface area contributed by atoms with Gasteiger partial charge in [-0.05, 0) is 98.5 Å². The molecule has 0 radical (unpaired) electrons. The molecule has 6 N–H and O–H groups in total. The lowest BCUT2D eigenvalue weighted by molar-refractivity contribution is -0.650. The highest BCUT2D eigenvalue weighted by Crippen LogP contribution is 2.47. The zero-order valence-electron chi connectivity index (χ0n) is 41.9. The van der Waals surface area contributed by atoms with Crippen molar-refractivity contribution in [1.29, 1.82) is 0 Å². The van der Waals surface area contributed by atoms with Crippen LogP contribution in [0.4, 0.5) is 64.1 Å². The number of anilines is 2. The molecular formula is C50H46ClF12N10O7+. The number of hydrogen-bond acceptors (Lipinski definition) is 14. The number of nitrogens with zero attached hydrogens (tertiary/aromatic N) is 8. The van der Waals surface area contributed by atoms with E-state index in [0.29, 0.717) is 16.3 Å². The van der Waals surface area contributed by atoms with Crippen molar-refractivity contribution < 1.29 is 90.7 Å². The Balaban J connectivity index is 1.23. The maximum absolute atomic E-state index is 15.4. The van der Waals surface area contributed by atoms with Crippen molar-refractivity contribution in [1.82, 2.24) is 35.1 Å². The van der Waals surface area contributed by atoms with Crippen LogP contribution in [0, 0.1) is 0 Å². The standard InChI is InChI=1S/C50H45ClF12N10O7/c1-44(2)21-26-16-25(23-72-15-8-3-5-12-45(76,49(58,59)60)42-69-68-38(78-42)35-30(64)19-28(47(52,53)54)33(66-35)39(72)74)18-32(37(26)80-44)73-41-36-31(65)20-29(48(55,56)57)34(67-36)40(75)71(22-24-10-9-11-27(51)17-24)14-7-4-6-13-46(77,50(61,62)63)43(70-73)79-41/h9-11,16-20,65,76-77H,3-8,12-15,21-23H2,1-2H3,(H2,64,68,74)/p+1/t45-,46-/m1/s1. The van der Waals surface area contributed by atoms with Crippen molar-refractivity contribution in [2.45, 2.75) is 126 Å². The van der Waals surface area contributed by atoms with Gasteiger partial charge in [0.05, 0.1) is 22.5 Å². The number of carbonyl (C=O) groups excluding carboxylic acids is 2. The zero-order valence-corrected chi connectivity index (χ0v) is 42.6. The van der Waals surface area contributed by atoms with Crippen molar-refractivity contribution in [2.75, 3.05) is 24.6 Å². The molecule has 0 fully saturated rings. The highest BCUT2D eigenvalue weighted by atomic mass is 35.5. The molecule has 3 aliphatic heterocycles. The molecule has 6 aromatic rings. The third kappa shape index (κ3) is 10.9. The number of aromatic nitrogens is 6. The Bertz CT molecular complexity index is 3400. The Kier molecular flexibility index (Phi) is 14.6. The molecule has 2 amide bonds. The summed E-state index contributed by atoms with van der Waals surface area (Å²) in [6, 6.07) is 9.14. The van der Waals surface area contributed by atoms with Gasteiger partial charge in [-0.15, -0.1) is 10.2 Å². The van der Waals surface area contributed by atoms with E-state index >= 15 is 26.3 Å². The Labute approximate surface area is 449 Å². The van der Waals surface area contributed by atoms with Crippen LogP contribution in [-0.2, 0) is 43.1 Å². The third-order valence-electron chi connectivity index (χ3n) is 13.7. The topological polar surface area (TPSA) is 237 Å². The quantitative estimate of drug-likeness (QED) is 0.0929. The molecular weight excluding hydrogens is 1120 g/mol. The molecule has 8 bridgehead atoms. The predicted molar refractivity (Wildman–Crippen MR) is 254 cm³/mol. The zero-order chi connectivity index (χ0) is 58.3. The van der Waals surface area contributed by atoms with E-state index in [-0.39, 0.29) is 73.2 Å². The molecule has 2 atom stereocenters.